The average molecular weight is 613 g/mol. The number of aromatic nitrogens is 1. The van der Waals surface area contributed by atoms with E-state index in [0.717, 1.165) is 65.6 Å². The van der Waals surface area contributed by atoms with Crippen LogP contribution in [0, 0.1) is 0 Å². The molecular weight excluding hydrogens is 564 g/mol. The van der Waals surface area contributed by atoms with Crippen molar-refractivity contribution in [1.29, 1.82) is 0 Å². The molecule has 4 aromatic rings. The number of nitrogens with one attached hydrogen (secondary N) is 1. The summed E-state index contributed by atoms with van der Waals surface area (Å²) in [5.41, 5.74) is 3.38. The lowest BCUT2D eigenvalue weighted by Gasteiger charge is -2.29. The third kappa shape index (κ3) is 8.68. The van der Waals surface area contributed by atoms with Gasteiger partial charge in [-0.1, -0.05) is 38.1 Å². The van der Waals surface area contributed by atoms with Crippen LogP contribution in [0.1, 0.15) is 83.1 Å². The number of fused-ring (bicyclic) bond motifs is 1. The number of carbonyl (C=O) groups excluding carboxylic acids is 1. The molecule has 0 aliphatic carbocycles. The second-order valence-electron chi connectivity index (χ2n) is 12.6. The highest BCUT2D eigenvalue weighted by molar-refractivity contribution is 6.07. The van der Waals surface area contributed by atoms with E-state index in [4.69, 9.17) is 23.9 Å². The van der Waals surface area contributed by atoms with Gasteiger partial charge >= 0.3 is 0 Å². The monoisotopic (exact) mass is 612 g/mol. The molecule has 4 rings (SSSR count). The number of benzene rings is 3. The van der Waals surface area contributed by atoms with Crippen LogP contribution < -0.4 is 24.3 Å². The number of nitrogens with zero attached hydrogens (tertiary/aromatic N) is 1. The molecule has 0 radical (unpaired) electrons. The molecule has 7 nitrogen and oxygen atoms in total. The van der Waals surface area contributed by atoms with Crippen molar-refractivity contribution < 1.29 is 23.7 Å². The first-order valence-corrected chi connectivity index (χ1v) is 15.9. The Balaban J connectivity index is 1.46. The molecule has 0 unspecified atom stereocenters. The molecule has 0 aliphatic heterocycles. The van der Waals surface area contributed by atoms with Gasteiger partial charge in [0.25, 0.3) is 5.91 Å². The number of hydrogen-bond donors (Lipinski definition) is 1. The number of carbonyl (C=O) groups is 1. The number of para-hydroxylation sites is 1. The predicted octanol–water partition coefficient (Wildman–Crippen LogP) is 8.81. The van der Waals surface area contributed by atoms with Crippen molar-refractivity contribution in [2.45, 2.75) is 84.8 Å². The van der Waals surface area contributed by atoms with E-state index in [2.05, 4.69) is 52.9 Å². The summed E-state index contributed by atoms with van der Waals surface area (Å²) in [6.45, 7) is 13.2. The molecule has 0 saturated carbocycles. The van der Waals surface area contributed by atoms with Gasteiger partial charge in [0, 0.05) is 29.6 Å². The third-order valence-corrected chi connectivity index (χ3v) is 8.33. The lowest BCUT2D eigenvalue weighted by Crippen LogP contribution is -2.28. The molecule has 0 bridgehead atoms. The highest BCUT2D eigenvalue weighted by atomic mass is 16.5. The Morgan fingerprint density at radius 3 is 2.18 bits per heavy atom. The third-order valence-electron chi connectivity index (χ3n) is 8.33. The standard InChI is InChI=1S/C38H48N2O5/c1-9-37(3,4)44-28-19-18-26(34(24-28)45-38(5,6)10-2)15-13-14-22-39-36(41)31-25-33(40-32-17-12-11-16-29(31)32)30-21-20-27(42-7)23-35(30)43-8/h11-12,16-21,23-25H,9-10,13-15,22H2,1-8H3,(H,39,41). The number of pyridine rings is 1. The van der Waals surface area contributed by atoms with Crippen LogP contribution >= 0.6 is 0 Å². The molecule has 45 heavy (non-hydrogen) atoms. The average Bonchev–Trinajstić information content (AvgIpc) is 3.04. The summed E-state index contributed by atoms with van der Waals surface area (Å²) < 4.78 is 23.7. The van der Waals surface area contributed by atoms with Crippen LogP contribution in [0.15, 0.2) is 66.7 Å². The molecule has 7 heteroatoms. The number of unbranched alkanes of at least 4 members (excludes halogenated alkanes) is 1. The minimum atomic E-state index is -0.288. The summed E-state index contributed by atoms with van der Waals surface area (Å²) in [4.78, 5) is 18.4. The number of aryl methyl sites for hydroxylation is 1. The second-order valence-corrected chi connectivity index (χ2v) is 12.6. The van der Waals surface area contributed by atoms with Crippen molar-refractivity contribution in [3.63, 3.8) is 0 Å². The summed E-state index contributed by atoms with van der Waals surface area (Å²) in [5.74, 6) is 2.86. The second kappa shape index (κ2) is 14.7. The summed E-state index contributed by atoms with van der Waals surface area (Å²) in [6.07, 6.45) is 4.35. The molecule has 1 amide bonds. The Hall–Kier alpha value is -4.26. The van der Waals surface area contributed by atoms with Crippen molar-refractivity contribution >= 4 is 16.8 Å². The van der Waals surface area contributed by atoms with Crippen LogP contribution in [0.4, 0.5) is 0 Å². The lowest BCUT2D eigenvalue weighted by molar-refractivity contribution is 0.0942. The fraction of sp³-hybridized carbons (Fsp3) is 0.421. The molecule has 1 aromatic heterocycles. The molecule has 0 atom stereocenters. The van der Waals surface area contributed by atoms with Crippen LogP contribution in [0.3, 0.4) is 0 Å². The van der Waals surface area contributed by atoms with Gasteiger partial charge in [-0.3, -0.25) is 4.79 Å². The van der Waals surface area contributed by atoms with Crippen molar-refractivity contribution in [1.82, 2.24) is 10.3 Å². The fourth-order valence-corrected chi connectivity index (χ4v) is 4.91. The number of amides is 1. The lowest BCUT2D eigenvalue weighted by atomic mass is 10.0. The predicted molar refractivity (Wildman–Crippen MR) is 182 cm³/mol. The number of ether oxygens (including phenoxy) is 4. The van der Waals surface area contributed by atoms with Gasteiger partial charge in [0.1, 0.15) is 34.2 Å². The zero-order valence-electron chi connectivity index (χ0n) is 28.1. The van der Waals surface area contributed by atoms with E-state index in [1.807, 2.05) is 60.7 Å². The van der Waals surface area contributed by atoms with Crippen molar-refractivity contribution in [2.75, 3.05) is 20.8 Å². The van der Waals surface area contributed by atoms with E-state index < -0.39 is 0 Å². The molecule has 0 saturated heterocycles. The number of hydrogen-bond acceptors (Lipinski definition) is 6. The molecule has 0 fully saturated rings. The highest BCUT2D eigenvalue weighted by Gasteiger charge is 2.22. The van der Waals surface area contributed by atoms with Gasteiger partial charge in [-0.05, 0) is 95.7 Å². The van der Waals surface area contributed by atoms with Gasteiger partial charge in [-0.15, -0.1) is 0 Å². The Labute approximate surface area is 268 Å². The number of rotatable bonds is 15. The minimum Gasteiger partial charge on any atom is -0.497 e. The van der Waals surface area contributed by atoms with E-state index in [1.54, 1.807) is 14.2 Å². The normalized spacial score (nSPS) is 11.7. The van der Waals surface area contributed by atoms with Crippen molar-refractivity contribution in [2.24, 2.45) is 0 Å². The minimum absolute atomic E-state index is 0.129. The first kappa shape index (κ1) is 33.6. The highest BCUT2D eigenvalue weighted by Crippen LogP contribution is 2.35. The number of methoxy groups -OCH3 is 2. The maximum absolute atomic E-state index is 13.5. The first-order chi connectivity index (χ1) is 21.5. The maximum atomic E-state index is 13.5. The largest absolute Gasteiger partial charge is 0.497 e. The molecule has 3 aromatic carbocycles. The van der Waals surface area contributed by atoms with E-state index in [9.17, 15) is 4.79 Å². The van der Waals surface area contributed by atoms with Gasteiger partial charge in [0.15, 0.2) is 0 Å². The van der Waals surface area contributed by atoms with E-state index in [-0.39, 0.29) is 17.1 Å². The van der Waals surface area contributed by atoms with E-state index in [0.29, 0.717) is 29.3 Å². The molecule has 1 heterocycles. The quantitative estimate of drug-likeness (QED) is 0.135. The first-order valence-electron chi connectivity index (χ1n) is 15.9. The molecule has 240 valence electrons. The van der Waals surface area contributed by atoms with E-state index >= 15 is 0 Å². The Morgan fingerprint density at radius 1 is 0.778 bits per heavy atom. The SMILES string of the molecule is CCC(C)(C)Oc1ccc(CCCCNC(=O)c2cc(-c3ccc(OC)cc3OC)nc3ccccc23)c(OC(C)(C)CC)c1. The fourth-order valence-electron chi connectivity index (χ4n) is 4.91. The molecule has 0 aliphatic rings. The summed E-state index contributed by atoms with van der Waals surface area (Å²) in [5, 5.41) is 3.94. The summed E-state index contributed by atoms with van der Waals surface area (Å²) in [7, 11) is 3.23. The van der Waals surface area contributed by atoms with Crippen molar-refractivity contribution in [3.05, 3.63) is 77.9 Å². The molecule has 1 N–H and O–H groups in total. The summed E-state index contributed by atoms with van der Waals surface area (Å²) in [6, 6.07) is 21.3. The smallest absolute Gasteiger partial charge is 0.252 e. The van der Waals surface area contributed by atoms with Crippen LogP contribution in [-0.4, -0.2) is 42.9 Å². The van der Waals surface area contributed by atoms with Crippen LogP contribution in [0.2, 0.25) is 0 Å². The molecular formula is C38H48N2O5. The Bertz CT molecular complexity index is 1610. The van der Waals surface area contributed by atoms with Gasteiger partial charge in [-0.25, -0.2) is 4.98 Å². The van der Waals surface area contributed by atoms with Gasteiger partial charge in [0.2, 0.25) is 0 Å². The molecule has 0 spiro atoms. The topological polar surface area (TPSA) is 78.9 Å². The van der Waals surface area contributed by atoms with Crippen LogP contribution in [-0.2, 0) is 6.42 Å². The Kier molecular flexibility index (Phi) is 11.0. The van der Waals surface area contributed by atoms with Crippen LogP contribution in [0.25, 0.3) is 22.2 Å². The van der Waals surface area contributed by atoms with E-state index in [1.165, 1.54) is 0 Å². The van der Waals surface area contributed by atoms with Gasteiger partial charge in [0.05, 0.1) is 31.0 Å². The van der Waals surface area contributed by atoms with Crippen LogP contribution in [0.5, 0.6) is 23.0 Å². The maximum Gasteiger partial charge on any atom is 0.252 e. The summed E-state index contributed by atoms with van der Waals surface area (Å²) >= 11 is 0. The van der Waals surface area contributed by atoms with Crippen molar-refractivity contribution in [3.8, 4) is 34.3 Å². The zero-order chi connectivity index (χ0) is 32.6. The Morgan fingerprint density at radius 2 is 1.47 bits per heavy atom. The zero-order valence-corrected chi connectivity index (χ0v) is 28.1. The van der Waals surface area contributed by atoms with Gasteiger partial charge < -0.3 is 24.3 Å². The van der Waals surface area contributed by atoms with Gasteiger partial charge in [-0.2, -0.15) is 0 Å².